The van der Waals surface area contributed by atoms with E-state index in [1.54, 1.807) is 5.57 Å². The van der Waals surface area contributed by atoms with Gasteiger partial charge in [0.1, 0.15) is 0 Å². The molecule has 0 aromatic heterocycles. The summed E-state index contributed by atoms with van der Waals surface area (Å²) in [5.74, 6) is 1.46. The molecule has 1 aliphatic carbocycles. The van der Waals surface area contributed by atoms with E-state index in [-0.39, 0.29) is 18.3 Å². The van der Waals surface area contributed by atoms with Gasteiger partial charge in [-0.25, -0.2) is 0 Å². The normalized spacial score (nSPS) is 30.4. The minimum Gasteiger partial charge on any atom is -0.399 e. The van der Waals surface area contributed by atoms with Gasteiger partial charge in [0.25, 0.3) is 0 Å². The van der Waals surface area contributed by atoms with Gasteiger partial charge in [-0.15, -0.1) is 0 Å². The van der Waals surface area contributed by atoms with Gasteiger partial charge in [-0.05, 0) is 70.0 Å². The Morgan fingerprint density at radius 1 is 0.960 bits per heavy atom. The van der Waals surface area contributed by atoms with E-state index in [4.69, 9.17) is 9.31 Å². The number of nitrogens with zero attached hydrogens (tertiary/aromatic N) is 1. The smallest absolute Gasteiger partial charge is 0.399 e. The summed E-state index contributed by atoms with van der Waals surface area (Å²) in [4.78, 5) is 2.55. The van der Waals surface area contributed by atoms with E-state index in [0.29, 0.717) is 0 Å². The first kappa shape index (κ1) is 17.2. The van der Waals surface area contributed by atoms with Crippen LogP contribution in [0.25, 0.3) is 0 Å². The van der Waals surface area contributed by atoms with Gasteiger partial charge in [-0.1, -0.05) is 30.7 Å². The highest BCUT2D eigenvalue weighted by Gasteiger charge is 2.51. The van der Waals surface area contributed by atoms with Crippen molar-refractivity contribution in [2.24, 2.45) is 11.8 Å². The quantitative estimate of drug-likeness (QED) is 0.605. The van der Waals surface area contributed by atoms with Crippen molar-refractivity contribution < 1.29 is 9.31 Å². The summed E-state index contributed by atoms with van der Waals surface area (Å²) in [5.41, 5.74) is 3.52. The van der Waals surface area contributed by atoms with Gasteiger partial charge in [0, 0.05) is 18.8 Å². The predicted octanol–water partition coefficient (Wildman–Crippen LogP) is 3.78. The Hall–Kier alpha value is -1.26. The molecule has 25 heavy (non-hydrogen) atoms. The summed E-state index contributed by atoms with van der Waals surface area (Å²) in [6.07, 6.45) is 5.05. The molecule has 0 radical (unpaired) electrons. The molecule has 0 spiro atoms. The summed E-state index contributed by atoms with van der Waals surface area (Å²) >= 11 is 0. The third kappa shape index (κ3) is 3.15. The third-order valence-electron chi connectivity index (χ3n) is 6.38. The molecule has 1 aromatic carbocycles. The van der Waals surface area contributed by atoms with Crippen LogP contribution in [0.3, 0.4) is 0 Å². The Labute approximate surface area is 152 Å². The maximum atomic E-state index is 6.17. The molecule has 2 saturated heterocycles. The molecule has 2 unspecified atom stereocenters. The minimum absolute atomic E-state index is 0.276. The minimum atomic E-state index is -0.289. The van der Waals surface area contributed by atoms with E-state index < -0.39 is 0 Å². The lowest BCUT2D eigenvalue weighted by molar-refractivity contribution is 0.00578. The number of hydrogen-bond acceptors (Lipinski definition) is 3. The molecule has 2 fully saturated rings. The van der Waals surface area contributed by atoms with Crippen LogP contribution in [0, 0.1) is 11.8 Å². The summed E-state index contributed by atoms with van der Waals surface area (Å²) in [7, 11) is -0.276. The Kier molecular flexibility index (Phi) is 4.04. The van der Waals surface area contributed by atoms with Gasteiger partial charge in [-0.3, -0.25) is 0 Å². The summed E-state index contributed by atoms with van der Waals surface area (Å²) < 4.78 is 12.3. The zero-order valence-corrected chi connectivity index (χ0v) is 16.2. The number of allylic oxidation sites excluding steroid dienone is 1. The van der Waals surface area contributed by atoms with E-state index in [1.807, 2.05) is 0 Å². The van der Waals surface area contributed by atoms with Gasteiger partial charge in [0.2, 0.25) is 0 Å². The van der Waals surface area contributed by atoms with Gasteiger partial charge in [0.05, 0.1) is 11.2 Å². The average molecular weight is 339 g/mol. The molecule has 2 bridgehead atoms. The maximum absolute atomic E-state index is 6.17. The van der Waals surface area contributed by atoms with Crippen LogP contribution in [-0.4, -0.2) is 31.4 Å². The molecule has 3 heterocycles. The van der Waals surface area contributed by atoms with E-state index in [9.17, 15) is 0 Å². The molecule has 3 nitrogen and oxygen atoms in total. The Morgan fingerprint density at radius 3 is 2.16 bits per heavy atom. The van der Waals surface area contributed by atoms with Crippen LogP contribution in [0.2, 0.25) is 0 Å². The van der Waals surface area contributed by atoms with E-state index >= 15 is 0 Å². The molecule has 5 rings (SSSR count). The zero-order chi connectivity index (χ0) is 17.8. The van der Waals surface area contributed by atoms with Crippen molar-refractivity contribution in [3.05, 3.63) is 35.9 Å². The van der Waals surface area contributed by atoms with Crippen LogP contribution in [0.15, 0.2) is 35.9 Å². The molecule has 0 saturated carbocycles. The van der Waals surface area contributed by atoms with Crippen molar-refractivity contribution in [1.82, 2.24) is 0 Å². The number of anilines is 1. The van der Waals surface area contributed by atoms with Crippen molar-refractivity contribution in [3.8, 4) is 0 Å². The van der Waals surface area contributed by atoms with Crippen molar-refractivity contribution in [1.29, 1.82) is 0 Å². The first-order valence-electron chi connectivity index (χ1n) is 9.64. The summed E-state index contributed by atoms with van der Waals surface area (Å²) in [6, 6.07) is 8.81. The van der Waals surface area contributed by atoms with Crippen molar-refractivity contribution in [2.45, 2.75) is 58.7 Å². The van der Waals surface area contributed by atoms with Crippen LogP contribution >= 0.6 is 0 Å². The second kappa shape index (κ2) is 5.89. The summed E-state index contributed by atoms with van der Waals surface area (Å²) in [6.45, 7) is 13.1. The zero-order valence-electron chi connectivity index (χ0n) is 16.2. The van der Waals surface area contributed by atoms with Gasteiger partial charge in [-0.2, -0.15) is 0 Å². The van der Waals surface area contributed by atoms with Gasteiger partial charge >= 0.3 is 7.12 Å². The first-order chi connectivity index (χ1) is 11.7. The SMILES string of the molecule is CC1CC2=CC(C2)CN(c2ccc(B3OC(C)(C)C(C)(C)O3)cc2)C1. The van der Waals surface area contributed by atoms with Crippen LogP contribution in [-0.2, 0) is 9.31 Å². The number of fused-ring (bicyclic) bond motifs is 4. The highest BCUT2D eigenvalue weighted by molar-refractivity contribution is 6.62. The van der Waals surface area contributed by atoms with E-state index in [0.717, 1.165) is 30.4 Å². The fraction of sp³-hybridized carbons (Fsp3) is 0.619. The molecule has 4 aliphatic rings. The lowest BCUT2D eigenvalue weighted by Crippen LogP contribution is -2.41. The fourth-order valence-electron chi connectivity index (χ4n) is 4.18. The second-order valence-electron chi connectivity index (χ2n) is 9.18. The Balaban J connectivity index is 1.50. The highest BCUT2D eigenvalue weighted by atomic mass is 16.7. The molecular weight excluding hydrogens is 309 g/mol. The number of hydrogen-bond donors (Lipinski definition) is 0. The van der Waals surface area contributed by atoms with Crippen molar-refractivity contribution in [2.75, 3.05) is 18.0 Å². The van der Waals surface area contributed by atoms with Crippen LogP contribution in [0.1, 0.15) is 47.5 Å². The van der Waals surface area contributed by atoms with E-state index in [2.05, 4.69) is 69.9 Å². The van der Waals surface area contributed by atoms with Crippen LogP contribution < -0.4 is 10.4 Å². The van der Waals surface area contributed by atoms with Gasteiger partial charge < -0.3 is 14.2 Å². The molecule has 1 aromatic rings. The number of rotatable bonds is 2. The first-order valence-corrected chi connectivity index (χ1v) is 9.64. The number of benzene rings is 1. The molecule has 4 heteroatoms. The maximum Gasteiger partial charge on any atom is 0.494 e. The summed E-state index contributed by atoms with van der Waals surface area (Å²) in [5, 5.41) is 0. The average Bonchev–Trinajstić information content (AvgIpc) is 2.69. The molecule has 2 atom stereocenters. The molecule has 134 valence electrons. The Bertz CT molecular complexity index is 664. The predicted molar refractivity (Wildman–Crippen MR) is 104 cm³/mol. The lowest BCUT2D eigenvalue weighted by atomic mass is 9.78. The lowest BCUT2D eigenvalue weighted by Gasteiger charge is -2.39. The fourth-order valence-corrected chi connectivity index (χ4v) is 4.18. The van der Waals surface area contributed by atoms with Crippen molar-refractivity contribution >= 4 is 18.3 Å². The van der Waals surface area contributed by atoms with Crippen LogP contribution in [0.5, 0.6) is 0 Å². The topological polar surface area (TPSA) is 21.7 Å². The molecule has 3 aliphatic heterocycles. The molecule has 0 N–H and O–H groups in total. The molecule has 0 amide bonds. The van der Waals surface area contributed by atoms with Crippen molar-refractivity contribution in [3.63, 3.8) is 0 Å². The second-order valence-corrected chi connectivity index (χ2v) is 9.18. The van der Waals surface area contributed by atoms with Gasteiger partial charge in [0.15, 0.2) is 0 Å². The standard InChI is InChI=1S/C21H30BNO2/c1-15-10-16-11-17(12-16)14-23(13-15)19-8-6-18(7-9-19)22-24-20(2,3)21(4,5)25-22/h6-9,11,15,17H,10,12-14H2,1-5H3. The third-order valence-corrected chi connectivity index (χ3v) is 6.38. The van der Waals surface area contributed by atoms with E-state index in [1.165, 1.54) is 18.5 Å². The highest BCUT2D eigenvalue weighted by Crippen LogP contribution is 2.37. The molecular formula is C21H30BNO2. The van der Waals surface area contributed by atoms with Crippen LogP contribution in [0.4, 0.5) is 5.69 Å². The Morgan fingerprint density at radius 2 is 1.56 bits per heavy atom. The largest absolute Gasteiger partial charge is 0.494 e. The monoisotopic (exact) mass is 339 g/mol.